The number of hydrogen-bond acceptors (Lipinski definition) is 8. The van der Waals surface area contributed by atoms with E-state index in [-0.39, 0.29) is 17.9 Å². The number of nitriles is 1. The summed E-state index contributed by atoms with van der Waals surface area (Å²) >= 11 is 7.22. The molecular weight excluding hydrogens is 530 g/mol. The first kappa shape index (κ1) is 27.0. The molecule has 0 saturated carbocycles. The Hall–Kier alpha value is -4.07. The van der Waals surface area contributed by atoms with E-state index in [0.717, 1.165) is 11.8 Å². The number of nitrogens with zero attached hydrogens (tertiary/aromatic N) is 2. The van der Waals surface area contributed by atoms with Gasteiger partial charge < -0.3 is 14.8 Å². The Balaban J connectivity index is 1.73. The molecule has 4 rings (SSSR count). The maximum Gasteiger partial charge on any atom is 0.356 e. The van der Waals surface area contributed by atoms with Crippen LogP contribution in [0.15, 0.2) is 82.4 Å². The van der Waals surface area contributed by atoms with Gasteiger partial charge in [-0.05, 0) is 11.1 Å². The molecule has 2 aliphatic heterocycles. The minimum Gasteiger partial charge on any atom is -0.461 e. The number of carbonyl (C=O) groups is 4. The highest BCUT2D eigenvalue weighted by Gasteiger charge is 2.56. The molecule has 38 heavy (non-hydrogen) atoms. The van der Waals surface area contributed by atoms with Crippen LogP contribution in [0.25, 0.3) is 0 Å². The lowest BCUT2D eigenvalue weighted by molar-refractivity contribution is -0.154. The molecule has 194 valence electrons. The molecule has 0 bridgehead atoms. The molecular formula is C27H22ClN3O6S. The van der Waals surface area contributed by atoms with Gasteiger partial charge in [0, 0.05) is 22.9 Å². The lowest BCUT2D eigenvalue weighted by Crippen LogP contribution is -2.70. The number of fused-ring (bicyclic) bond motifs is 1. The summed E-state index contributed by atoms with van der Waals surface area (Å²) < 4.78 is 11.2. The number of halogens is 1. The largest absolute Gasteiger partial charge is 0.461 e. The lowest BCUT2D eigenvalue weighted by Gasteiger charge is -2.50. The van der Waals surface area contributed by atoms with E-state index in [4.69, 9.17) is 26.3 Å². The van der Waals surface area contributed by atoms with Crippen LogP contribution in [-0.4, -0.2) is 46.7 Å². The summed E-state index contributed by atoms with van der Waals surface area (Å²) in [6.07, 6.45) is -1.22. The maximum atomic E-state index is 13.8. The second-order valence-electron chi connectivity index (χ2n) is 8.28. The molecule has 0 radical (unpaired) electrons. The third kappa shape index (κ3) is 5.59. The summed E-state index contributed by atoms with van der Waals surface area (Å²) in [7, 11) is 0. The fourth-order valence-corrected chi connectivity index (χ4v) is 5.62. The topological polar surface area (TPSA) is 126 Å². The molecule has 1 N–H and O–H groups in total. The second kappa shape index (κ2) is 12.0. The summed E-state index contributed by atoms with van der Waals surface area (Å²) in [5.74, 6) is -2.60. The van der Waals surface area contributed by atoms with Crippen LogP contribution in [0.4, 0.5) is 0 Å². The number of nitrogens with one attached hydrogen (secondary N) is 1. The SMILES string of the molecule is CC(=O)OCC1=C(C(=O)OC(c2ccccc2)c2ccccc2)N2C(=O)C(NC(=O)CC#N)[C@H]2SC1=CCl. The predicted molar refractivity (Wildman–Crippen MR) is 139 cm³/mol. The van der Waals surface area contributed by atoms with Crippen molar-refractivity contribution in [3.63, 3.8) is 0 Å². The van der Waals surface area contributed by atoms with Crippen LogP contribution in [-0.2, 0) is 28.7 Å². The molecule has 1 fully saturated rings. The second-order valence-corrected chi connectivity index (χ2v) is 9.66. The third-order valence-electron chi connectivity index (χ3n) is 5.81. The van der Waals surface area contributed by atoms with Crippen LogP contribution in [0, 0.1) is 11.3 Å². The van der Waals surface area contributed by atoms with Crippen LogP contribution in [0.2, 0.25) is 0 Å². The molecule has 0 aromatic heterocycles. The first-order valence-corrected chi connectivity index (χ1v) is 12.8. The minimum atomic E-state index is -0.982. The van der Waals surface area contributed by atoms with E-state index >= 15 is 0 Å². The highest BCUT2D eigenvalue weighted by atomic mass is 35.5. The average molecular weight is 552 g/mol. The number of benzene rings is 2. The van der Waals surface area contributed by atoms with Gasteiger partial charge in [0.25, 0.3) is 5.91 Å². The zero-order valence-corrected chi connectivity index (χ0v) is 21.7. The monoisotopic (exact) mass is 551 g/mol. The van der Waals surface area contributed by atoms with Crippen LogP contribution in [0.1, 0.15) is 30.6 Å². The maximum absolute atomic E-state index is 13.8. The van der Waals surface area contributed by atoms with Crippen molar-refractivity contribution < 1.29 is 28.7 Å². The Bertz CT molecular complexity index is 1320. The number of rotatable bonds is 8. The quantitative estimate of drug-likeness (QED) is 0.390. The van der Waals surface area contributed by atoms with Gasteiger partial charge in [-0.3, -0.25) is 19.3 Å². The molecule has 1 saturated heterocycles. The third-order valence-corrected chi connectivity index (χ3v) is 7.50. The molecule has 2 aromatic carbocycles. The smallest absolute Gasteiger partial charge is 0.356 e. The number of amides is 2. The number of esters is 2. The number of ether oxygens (including phenoxy) is 2. The van der Waals surface area contributed by atoms with Gasteiger partial charge in [-0.1, -0.05) is 84.0 Å². The van der Waals surface area contributed by atoms with Gasteiger partial charge in [-0.15, -0.1) is 0 Å². The molecule has 9 nitrogen and oxygen atoms in total. The van der Waals surface area contributed by atoms with Gasteiger partial charge in [0.15, 0.2) is 6.10 Å². The zero-order valence-electron chi connectivity index (χ0n) is 20.1. The molecule has 2 aromatic rings. The molecule has 2 aliphatic rings. The normalized spacial score (nSPS) is 19.4. The number of carbonyl (C=O) groups excluding carboxylic acids is 4. The Labute approximate surface area is 228 Å². The van der Waals surface area contributed by atoms with Crippen molar-refractivity contribution in [2.45, 2.75) is 30.9 Å². The summed E-state index contributed by atoms with van der Waals surface area (Å²) in [6.45, 7) is 0.895. The highest BCUT2D eigenvalue weighted by molar-refractivity contribution is 8.04. The Kier molecular flexibility index (Phi) is 8.51. The molecule has 2 heterocycles. The minimum absolute atomic E-state index is 0.130. The van der Waals surface area contributed by atoms with E-state index in [9.17, 15) is 19.2 Å². The van der Waals surface area contributed by atoms with Gasteiger partial charge in [-0.25, -0.2) is 4.79 Å². The van der Waals surface area contributed by atoms with Crippen molar-refractivity contribution in [2.24, 2.45) is 0 Å². The first-order valence-electron chi connectivity index (χ1n) is 11.5. The van der Waals surface area contributed by atoms with Crippen molar-refractivity contribution in [3.05, 3.63) is 93.5 Å². The van der Waals surface area contributed by atoms with E-state index in [0.29, 0.717) is 16.0 Å². The van der Waals surface area contributed by atoms with E-state index in [1.54, 1.807) is 6.07 Å². The van der Waals surface area contributed by atoms with Crippen LogP contribution in [0.5, 0.6) is 0 Å². The number of thioether (sulfide) groups is 1. The van der Waals surface area contributed by atoms with Crippen LogP contribution >= 0.6 is 23.4 Å². The van der Waals surface area contributed by atoms with Crippen LogP contribution < -0.4 is 5.32 Å². The Morgan fingerprint density at radius 1 is 1.13 bits per heavy atom. The zero-order chi connectivity index (χ0) is 27.2. The van der Waals surface area contributed by atoms with Crippen molar-refractivity contribution in [1.82, 2.24) is 10.2 Å². The van der Waals surface area contributed by atoms with Gasteiger partial charge in [0.2, 0.25) is 5.91 Å². The fourth-order valence-electron chi connectivity index (χ4n) is 4.09. The van der Waals surface area contributed by atoms with Crippen molar-refractivity contribution in [3.8, 4) is 6.07 Å². The van der Waals surface area contributed by atoms with Gasteiger partial charge in [0.1, 0.15) is 30.1 Å². The molecule has 1 unspecified atom stereocenters. The number of β-lactam (4-membered cyclic amide) rings is 1. The van der Waals surface area contributed by atoms with Crippen molar-refractivity contribution in [2.75, 3.05) is 6.61 Å². The van der Waals surface area contributed by atoms with E-state index < -0.39 is 47.7 Å². The molecule has 0 spiro atoms. The van der Waals surface area contributed by atoms with E-state index in [2.05, 4.69) is 5.32 Å². The van der Waals surface area contributed by atoms with Gasteiger partial charge in [-0.2, -0.15) is 5.26 Å². The standard InChI is InChI=1S/C27H22ClN3O6S/c1-16(32)36-15-19-20(14-28)38-26-22(30-21(33)12-13-29)25(34)31(26)23(19)27(35)37-24(17-8-4-2-5-9-17)18-10-6-3-7-11-18/h2-11,14,22,24,26H,12,15H2,1H3,(H,30,33)/t22?,26-/m1/s1. The Morgan fingerprint density at radius 3 is 2.26 bits per heavy atom. The van der Waals surface area contributed by atoms with Crippen LogP contribution in [0.3, 0.4) is 0 Å². The van der Waals surface area contributed by atoms with Crippen molar-refractivity contribution in [1.29, 1.82) is 5.26 Å². The summed E-state index contributed by atoms with van der Waals surface area (Å²) in [4.78, 5) is 52.2. The first-order chi connectivity index (χ1) is 18.3. The summed E-state index contributed by atoms with van der Waals surface area (Å²) in [5, 5.41) is 10.6. The molecule has 0 aliphatic carbocycles. The van der Waals surface area contributed by atoms with Crippen molar-refractivity contribution >= 4 is 47.1 Å². The van der Waals surface area contributed by atoms with E-state index in [1.165, 1.54) is 17.4 Å². The highest BCUT2D eigenvalue weighted by Crippen LogP contribution is 2.47. The predicted octanol–water partition coefficient (Wildman–Crippen LogP) is 3.53. The van der Waals surface area contributed by atoms with E-state index in [1.807, 2.05) is 60.7 Å². The molecule has 2 amide bonds. The number of hydrogen-bond donors (Lipinski definition) is 1. The average Bonchev–Trinajstić information content (AvgIpc) is 2.93. The summed E-state index contributed by atoms with van der Waals surface area (Å²) in [6, 6.07) is 19.0. The Morgan fingerprint density at radius 2 is 1.74 bits per heavy atom. The summed E-state index contributed by atoms with van der Waals surface area (Å²) in [5.41, 5.74) is 2.71. The van der Waals surface area contributed by atoms with Gasteiger partial charge in [0.05, 0.1) is 6.07 Å². The fraction of sp³-hybridized carbons (Fsp3) is 0.222. The molecule has 11 heteroatoms. The molecule has 2 atom stereocenters. The van der Waals surface area contributed by atoms with Gasteiger partial charge >= 0.3 is 11.9 Å². The lowest BCUT2D eigenvalue weighted by atomic mass is 10.00.